The summed E-state index contributed by atoms with van der Waals surface area (Å²) in [5.41, 5.74) is 0. The first kappa shape index (κ1) is 70.6. The summed E-state index contributed by atoms with van der Waals surface area (Å²) in [5, 5.41) is 23.2. The summed E-state index contributed by atoms with van der Waals surface area (Å²) in [6, 6.07) is -0.637. The fraction of sp³-hybridized carbons (Fsp3) is 0.897. The fourth-order valence-electron chi connectivity index (χ4n) is 10.5. The van der Waals surface area contributed by atoms with Crippen molar-refractivity contribution < 1.29 is 15.0 Å². The van der Waals surface area contributed by atoms with E-state index < -0.39 is 12.1 Å². The Balaban J connectivity index is 3.39. The Bertz CT molecular complexity index is 1100. The monoisotopic (exact) mass is 1010 g/mol. The van der Waals surface area contributed by atoms with E-state index in [2.05, 4.69) is 43.5 Å². The number of hydrogen-bond acceptors (Lipinski definition) is 3. The minimum absolute atomic E-state index is 0.0663. The number of aliphatic hydroxyl groups is 2. The zero-order valence-corrected chi connectivity index (χ0v) is 49.2. The van der Waals surface area contributed by atoms with E-state index in [1.165, 1.54) is 321 Å². The van der Waals surface area contributed by atoms with Gasteiger partial charge in [0.15, 0.2) is 0 Å². The molecule has 426 valence electrons. The van der Waals surface area contributed by atoms with Crippen molar-refractivity contribution in [1.29, 1.82) is 0 Å². The highest BCUT2D eigenvalue weighted by Crippen LogP contribution is 2.18. The minimum Gasteiger partial charge on any atom is -0.394 e. The fourth-order valence-corrected chi connectivity index (χ4v) is 10.5. The van der Waals surface area contributed by atoms with Crippen molar-refractivity contribution in [2.24, 2.45) is 0 Å². The standard InChI is InChI=1S/C68H131NO3/c1-3-5-7-9-11-13-15-17-19-21-23-24-25-26-27-28-29-30-31-32-33-34-35-36-37-38-39-40-41-42-43-44-46-48-50-52-54-56-58-60-62-64-68(72)69-66(65-70)67(71)63-61-59-57-55-53-51-49-47-45-22-20-18-16-14-12-10-8-6-4-2/h21,23,53,55,61,63,66-67,70-71H,3-20,22,24-52,54,56-60,62,64-65H2,1-2H3,(H,69,72)/b23-21-,55-53+,63-61+. The van der Waals surface area contributed by atoms with Gasteiger partial charge in [-0.05, 0) is 57.8 Å². The highest BCUT2D eigenvalue weighted by Gasteiger charge is 2.18. The summed E-state index contributed by atoms with van der Waals surface area (Å²) >= 11 is 0. The zero-order chi connectivity index (χ0) is 52.0. The largest absolute Gasteiger partial charge is 0.394 e. The number of carbonyl (C=O) groups excluding carboxylic acids is 1. The van der Waals surface area contributed by atoms with Gasteiger partial charge >= 0.3 is 0 Å². The lowest BCUT2D eigenvalue weighted by Gasteiger charge is -2.19. The molecule has 4 nitrogen and oxygen atoms in total. The molecule has 1 amide bonds. The lowest BCUT2D eigenvalue weighted by Crippen LogP contribution is -2.45. The predicted octanol–water partition coefficient (Wildman–Crippen LogP) is 22.4. The molecule has 0 aliphatic heterocycles. The smallest absolute Gasteiger partial charge is 0.220 e. The quantitative estimate of drug-likeness (QED) is 0.0420. The molecule has 4 heteroatoms. The van der Waals surface area contributed by atoms with E-state index in [1.54, 1.807) is 6.08 Å². The van der Waals surface area contributed by atoms with Crippen LogP contribution in [0.5, 0.6) is 0 Å². The molecule has 0 rings (SSSR count). The maximum atomic E-state index is 12.5. The van der Waals surface area contributed by atoms with Gasteiger partial charge in [-0.2, -0.15) is 0 Å². The topological polar surface area (TPSA) is 69.6 Å². The summed E-state index contributed by atoms with van der Waals surface area (Å²) in [6.45, 7) is 4.33. The first-order valence-electron chi connectivity index (χ1n) is 33.2. The molecule has 0 aromatic rings. The molecule has 2 atom stereocenters. The number of allylic oxidation sites excluding steroid dienone is 5. The second-order valence-corrected chi connectivity index (χ2v) is 22.9. The van der Waals surface area contributed by atoms with E-state index in [0.29, 0.717) is 6.42 Å². The zero-order valence-electron chi connectivity index (χ0n) is 49.2. The van der Waals surface area contributed by atoms with Crippen LogP contribution in [0.3, 0.4) is 0 Å². The van der Waals surface area contributed by atoms with Crippen molar-refractivity contribution in [2.75, 3.05) is 6.61 Å². The van der Waals surface area contributed by atoms with Gasteiger partial charge in [-0.15, -0.1) is 0 Å². The third-order valence-electron chi connectivity index (χ3n) is 15.6. The van der Waals surface area contributed by atoms with Crippen LogP contribution in [-0.4, -0.2) is 34.9 Å². The van der Waals surface area contributed by atoms with Crippen LogP contribution in [0, 0.1) is 0 Å². The molecule has 2 unspecified atom stereocenters. The van der Waals surface area contributed by atoms with E-state index >= 15 is 0 Å². The number of carbonyl (C=O) groups is 1. The third kappa shape index (κ3) is 59.5. The first-order valence-corrected chi connectivity index (χ1v) is 33.2. The maximum Gasteiger partial charge on any atom is 0.220 e. The molecule has 72 heavy (non-hydrogen) atoms. The van der Waals surface area contributed by atoms with Gasteiger partial charge in [0.1, 0.15) is 0 Å². The molecule has 0 fully saturated rings. The normalized spacial score (nSPS) is 12.9. The predicted molar refractivity (Wildman–Crippen MR) is 322 cm³/mol. The Morgan fingerprint density at radius 3 is 0.806 bits per heavy atom. The summed E-state index contributed by atoms with van der Waals surface area (Å²) in [4.78, 5) is 12.5. The number of unbranched alkanes of at least 4 members (excludes halogenated alkanes) is 51. The minimum atomic E-state index is -0.861. The van der Waals surface area contributed by atoms with Crippen molar-refractivity contribution in [2.45, 2.75) is 386 Å². The van der Waals surface area contributed by atoms with Gasteiger partial charge in [-0.3, -0.25) is 4.79 Å². The molecule has 0 saturated carbocycles. The average molecular weight is 1010 g/mol. The summed E-state index contributed by atoms with van der Waals surface area (Å²) in [7, 11) is 0. The van der Waals surface area contributed by atoms with E-state index in [-0.39, 0.29) is 12.5 Å². The second kappa shape index (κ2) is 63.9. The van der Waals surface area contributed by atoms with E-state index in [0.717, 1.165) is 32.1 Å². The van der Waals surface area contributed by atoms with Crippen molar-refractivity contribution in [3.8, 4) is 0 Å². The van der Waals surface area contributed by atoms with Crippen LogP contribution in [0.2, 0.25) is 0 Å². The molecular weight excluding hydrogens is 879 g/mol. The van der Waals surface area contributed by atoms with E-state index in [9.17, 15) is 15.0 Å². The van der Waals surface area contributed by atoms with Gasteiger partial charge in [0.05, 0.1) is 18.8 Å². The molecular formula is C68H131NO3. The van der Waals surface area contributed by atoms with Crippen LogP contribution < -0.4 is 5.32 Å². The molecule has 0 aromatic carbocycles. The van der Waals surface area contributed by atoms with Gasteiger partial charge < -0.3 is 15.5 Å². The van der Waals surface area contributed by atoms with Crippen LogP contribution in [0.25, 0.3) is 0 Å². The first-order chi connectivity index (χ1) is 35.7. The molecule has 0 heterocycles. The molecule has 0 saturated heterocycles. The number of rotatable bonds is 62. The van der Waals surface area contributed by atoms with Crippen LogP contribution >= 0.6 is 0 Å². The SMILES string of the molecule is CCCCCCCCCC/C=C\CCCCCCCCCCCCCCCCCCCCCCCCCCCCCCCC(=O)NC(CO)C(O)/C=C/CC/C=C/CCCCCCCCCCCCCCC. The van der Waals surface area contributed by atoms with Crippen LogP contribution in [0.4, 0.5) is 0 Å². The number of amides is 1. The Kier molecular flexibility index (Phi) is 62.7. The van der Waals surface area contributed by atoms with Crippen molar-refractivity contribution in [1.82, 2.24) is 5.32 Å². The lowest BCUT2D eigenvalue weighted by atomic mass is 10.0. The summed E-state index contributed by atoms with van der Waals surface area (Å²) in [5.74, 6) is -0.0663. The number of hydrogen-bond donors (Lipinski definition) is 3. The molecule has 0 aliphatic carbocycles. The molecule has 0 bridgehead atoms. The molecule has 0 aromatic heterocycles. The van der Waals surface area contributed by atoms with Crippen molar-refractivity contribution >= 4 is 5.91 Å². The molecule has 0 radical (unpaired) electrons. The number of nitrogens with one attached hydrogen (secondary N) is 1. The van der Waals surface area contributed by atoms with Crippen LogP contribution in [0.15, 0.2) is 36.5 Å². The van der Waals surface area contributed by atoms with Crippen LogP contribution in [0.1, 0.15) is 373 Å². The molecule has 3 N–H and O–H groups in total. The van der Waals surface area contributed by atoms with Gasteiger partial charge in [0.25, 0.3) is 0 Å². The average Bonchev–Trinajstić information content (AvgIpc) is 3.39. The van der Waals surface area contributed by atoms with Gasteiger partial charge in [-0.1, -0.05) is 346 Å². The van der Waals surface area contributed by atoms with E-state index in [4.69, 9.17) is 0 Å². The highest BCUT2D eigenvalue weighted by molar-refractivity contribution is 5.76. The Morgan fingerprint density at radius 2 is 0.542 bits per heavy atom. The van der Waals surface area contributed by atoms with Crippen LogP contribution in [-0.2, 0) is 4.79 Å². The highest BCUT2D eigenvalue weighted by atomic mass is 16.3. The van der Waals surface area contributed by atoms with Crippen molar-refractivity contribution in [3.05, 3.63) is 36.5 Å². The summed E-state index contributed by atoms with van der Waals surface area (Å²) in [6.07, 6.45) is 88.0. The second-order valence-electron chi connectivity index (χ2n) is 22.9. The molecule has 0 aliphatic rings. The third-order valence-corrected chi connectivity index (χ3v) is 15.6. The number of aliphatic hydroxyl groups excluding tert-OH is 2. The van der Waals surface area contributed by atoms with Gasteiger partial charge in [0.2, 0.25) is 5.91 Å². The Morgan fingerprint density at radius 1 is 0.319 bits per heavy atom. The van der Waals surface area contributed by atoms with E-state index in [1.807, 2.05) is 6.08 Å². The lowest BCUT2D eigenvalue weighted by molar-refractivity contribution is -0.123. The van der Waals surface area contributed by atoms with Crippen molar-refractivity contribution in [3.63, 3.8) is 0 Å². The Labute approximate surface area is 452 Å². The van der Waals surface area contributed by atoms with Gasteiger partial charge in [0, 0.05) is 6.42 Å². The molecule has 0 spiro atoms. The Hall–Kier alpha value is -1.39. The maximum absolute atomic E-state index is 12.5. The van der Waals surface area contributed by atoms with Gasteiger partial charge in [-0.25, -0.2) is 0 Å². The summed E-state index contributed by atoms with van der Waals surface area (Å²) < 4.78 is 0.